The van der Waals surface area contributed by atoms with Gasteiger partial charge in [0, 0.05) is 7.11 Å². The van der Waals surface area contributed by atoms with Crippen molar-refractivity contribution in [1.29, 1.82) is 0 Å². The minimum Gasteiger partial charge on any atom is -0.481 e. The van der Waals surface area contributed by atoms with E-state index in [-0.39, 0.29) is 12.0 Å². The van der Waals surface area contributed by atoms with Gasteiger partial charge in [0.2, 0.25) is 0 Å². The second-order valence-electron chi connectivity index (χ2n) is 5.76. The van der Waals surface area contributed by atoms with E-state index >= 15 is 0 Å². The van der Waals surface area contributed by atoms with Crippen molar-refractivity contribution in [3.05, 3.63) is 12.2 Å². The van der Waals surface area contributed by atoms with Gasteiger partial charge < -0.3 is 14.9 Å². The van der Waals surface area contributed by atoms with E-state index in [9.17, 15) is 15.0 Å². The first-order chi connectivity index (χ1) is 9.97. The topological polar surface area (TPSA) is 66.8 Å². The molecular formula is C17H26O4. The number of hydrogen-bond donors (Lipinski definition) is 2. The number of aliphatic hydroxyl groups is 1. The summed E-state index contributed by atoms with van der Waals surface area (Å²) in [5.41, 5.74) is -1.27. The van der Waals surface area contributed by atoms with Gasteiger partial charge in [-0.15, -0.1) is 6.42 Å². The average Bonchev–Trinajstić information content (AvgIpc) is 2.88. The van der Waals surface area contributed by atoms with Crippen LogP contribution in [0.2, 0.25) is 0 Å². The smallest absolute Gasteiger partial charge is 0.309 e. The fourth-order valence-corrected chi connectivity index (χ4v) is 2.94. The molecule has 4 nitrogen and oxygen atoms in total. The number of methoxy groups -OCH3 is 1. The van der Waals surface area contributed by atoms with Gasteiger partial charge in [0.15, 0.2) is 0 Å². The molecule has 4 heteroatoms. The zero-order chi connectivity index (χ0) is 15.9. The van der Waals surface area contributed by atoms with Crippen molar-refractivity contribution in [1.82, 2.24) is 0 Å². The quantitative estimate of drug-likeness (QED) is 0.410. The number of carbonyl (C=O) groups is 1. The molecule has 0 heterocycles. The van der Waals surface area contributed by atoms with Gasteiger partial charge >= 0.3 is 5.97 Å². The monoisotopic (exact) mass is 294 g/mol. The summed E-state index contributed by atoms with van der Waals surface area (Å²) in [6.45, 7) is 2.09. The molecule has 4 atom stereocenters. The van der Waals surface area contributed by atoms with Crippen LogP contribution in [-0.4, -0.2) is 35.0 Å². The molecule has 1 rings (SSSR count). The second kappa shape index (κ2) is 8.21. The number of terminal acetylenes is 1. The highest BCUT2D eigenvalue weighted by Gasteiger charge is 2.40. The Morgan fingerprint density at radius 3 is 2.71 bits per heavy atom. The Bertz CT molecular complexity index is 410. The van der Waals surface area contributed by atoms with E-state index in [0.717, 1.165) is 25.7 Å². The van der Waals surface area contributed by atoms with Crippen LogP contribution in [0.15, 0.2) is 12.2 Å². The van der Waals surface area contributed by atoms with Crippen molar-refractivity contribution in [2.24, 2.45) is 11.8 Å². The van der Waals surface area contributed by atoms with E-state index in [1.165, 1.54) is 7.11 Å². The third kappa shape index (κ3) is 4.87. The van der Waals surface area contributed by atoms with E-state index in [2.05, 4.69) is 12.8 Å². The lowest BCUT2D eigenvalue weighted by Gasteiger charge is -2.21. The van der Waals surface area contributed by atoms with Crippen molar-refractivity contribution in [2.75, 3.05) is 7.11 Å². The molecule has 0 bridgehead atoms. The van der Waals surface area contributed by atoms with Crippen LogP contribution >= 0.6 is 0 Å². The average molecular weight is 294 g/mol. The molecule has 118 valence electrons. The Kier molecular flexibility index (Phi) is 6.94. The molecule has 0 aromatic heterocycles. The van der Waals surface area contributed by atoms with Crippen LogP contribution in [-0.2, 0) is 9.53 Å². The molecule has 4 unspecified atom stereocenters. The van der Waals surface area contributed by atoms with Crippen LogP contribution in [0, 0.1) is 24.2 Å². The number of hydrogen-bond acceptors (Lipinski definition) is 3. The highest BCUT2D eigenvalue weighted by molar-refractivity contribution is 5.72. The van der Waals surface area contributed by atoms with Gasteiger partial charge in [0.25, 0.3) is 0 Å². The maximum absolute atomic E-state index is 11.4. The zero-order valence-electron chi connectivity index (χ0n) is 12.9. The van der Waals surface area contributed by atoms with Crippen molar-refractivity contribution in [3.8, 4) is 12.3 Å². The number of unbranched alkanes of at least 4 members (excludes halogenated alkanes) is 2. The lowest BCUT2D eigenvalue weighted by atomic mass is 9.90. The molecule has 1 fully saturated rings. The maximum Gasteiger partial charge on any atom is 0.309 e. The van der Waals surface area contributed by atoms with Crippen LogP contribution in [0.5, 0.6) is 0 Å². The SMILES string of the molecule is C#CC(O)(C=CC1CCC(OC)C1C(=O)O)CCCCC. The molecule has 21 heavy (non-hydrogen) atoms. The predicted octanol–water partition coefficient (Wildman–Crippen LogP) is 2.61. The Morgan fingerprint density at radius 2 is 2.19 bits per heavy atom. The predicted molar refractivity (Wildman–Crippen MR) is 81.7 cm³/mol. The molecule has 2 N–H and O–H groups in total. The number of ether oxygens (including phenoxy) is 1. The summed E-state index contributed by atoms with van der Waals surface area (Å²) < 4.78 is 5.24. The van der Waals surface area contributed by atoms with E-state index in [4.69, 9.17) is 11.2 Å². The molecular weight excluding hydrogens is 268 g/mol. The maximum atomic E-state index is 11.4. The molecule has 0 saturated heterocycles. The summed E-state index contributed by atoms with van der Waals surface area (Å²) in [6, 6.07) is 0. The summed E-state index contributed by atoms with van der Waals surface area (Å²) in [5, 5.41) is 19.7. The van der Waals surface area contributed by atoms with E-state index in [1.54, 1.807) is 12.2 Å². The van der Waals surface area contributed by atoms with Crippen LogP contribution in [0.3, 0.4) is 0 Å². The third-order valence-electron chi connectivity index (χ3n) is 4.26. The lowest BCUT2D eigenvalue weighted by molar-refractivity contribution is -0.146. The molecule has 1 aliphatic rings. The highest BCUT2D eigenvalue weighted by atomic mass is 16.5. The van der Waals surface area contributed by atoms with Gasteiger partial charge in [0.05, 0.1) is 12.0 Å². The lowest BCUT2D eigenvalue weighted by Crippen LogP contribution is -2.29. The van der Waals surface area contributed by atoms with Gasteiger partial charge in [-0.2, -0.15) is 0 Å². The first-order valence-electron chi connectivity index (χ1n) is 7.62. The van der Waals surface area contributed by atoms with E-state index < -0.39 is 17.5 Å². The molecule has 0 aromatic rings. The molecule has 0 spiro atoms. The van der Waals surface area contributed by atoms with Crippen molar-refractivity contribution < 1.29 is 19.7 Å². The van der Waals surface area contributed by atoms with Crippen LogP contribution < -0.4 is 0 Å². The standard InChI is InChI=1S/C17H26O4/c1-4-6-7-11-17(20,5-2)12-10-13-8-9-14(21-3)15(13)16(18)19/h2,10,12-15,20H,4,6-9,11H2,1,3H3,(H,18,19). The van der Waals surface area contributed by atoms with Crippen LogP contribution in [0.25, 0.3) is 0 Å². The first kappa shape index (κ1) is 17.7. The van der Waals surface area contributed by atoms with Crippen molar-refractivity contribution in [2.45, 2.75) is 57.2 Å². The number of aliphatic carboxylic acids is 1. The fourth-order valence-electron chi connectivity index (χ4n) is 2.94. The first-order valence-corrected chi connectivity index (χ1v) is 7.62. The number of carboxylic acids is 1. The van der Waals surface area contributed by atoms with Crippen molar-refractivity contribution >= 4 is 5.97 Å². The Balaban J connectivity index is 2.73. The second-order valence-corrected chi connectivity index (χ2v) is 5.76. The summed E-state index contributed by atoms with van der Waals surface area (Å²) in [6.07, 6.45) is 13.4. The Hall–Kier alpha value is -1.31. The minimum absolute atomic E-state index is 0.140. The minimum atomic E-state index is -1.27. The number of carboxylic acid groups (broad SMARTS) is 1. The van der Waals surface area contributed by atoms with Gasteiger partial charge in [0.1, 0.15) is 5.60 Å². The molecule has 0 amide bonds. The fraction of sp³-hybridized carbons (Fsp3) is 0.706. The summed E-state index contributed by atoms with van der Waals surface area (Å²) in [4.78, 5) is 11.4. The molecule has 0 radical (unpaired) electrons. The van der Waals surface area contributed by atoms with E-state index in [0.29, 0.717) is 12.8 Å². The largest absolute Gasteiger partial charge is 0.481 e. The van der Waals surface area contributed by atoms with Crippen molar-refractivity contribution in [3.63, 3.8) is 0 Å². The molecule has 1 aliphatic carbocycles. The van der Waals surface area contributed by atoms with Gasteiger partial charge in [-0.25, -0.2) is 0 Å². The summed E-state index contributed by atoms with van der Waals surface area (Å²) in [7, 11) is 1.54. The van der Waals surface area contributed by atoms with Gasteiger partial charge in [-0.1, -0.05) is 31.8 Å². The third-order valence-corrected chi connectivity index (χ3v) is 4.26. The van der Waals surface area contributed by atoms with Crippen LogP contribution in [0.4, 0.5) is 0 Å². The molecule has 0 aromatic carbocycles. The Labute approximate surface area is 127 Å². The number of rotatable bonds is 8. The highest BCUT2D eigenvalue weighted by Crippen LogP contribution is 2.35. The van der Waals surface area contributed by atoms with Crippen LogP contribution in [0.1, 0.15) is 45.4 Å². The normalized spacial score (nSPS) is 28.4. The Morgan fingerprint density at radius 1 is 1.48 bits per heavy atom. The summed E-state index contributed by atoms with van der Waals surface area (Å²) >= 11 is 0. The van der Waals surface area contributed by atoms with E-state index in [1.807, 2.05) is 0 Å². The molecule has 0 aliphatic heterocycles. The molecule has 1 saturated carbocycles. The zero-order valence-corrected chi connectivity index (χ0v) is 12.9. The van der Waals surface area contributed by atoms with Gasteiger partial charge in [-0.3, -0.25) is 4.79 Å². The summed E-state index contributed by atoms with van der Waals surface area (Å²) in [5.74, 6) is 0.857. The van der Waals surface area contributed by atoms with Gasteiger partial charge in [-0.05, 0) is 37.7 Å². The number of allylic oxidation sites excluding steroid dienone is 1.